The summed E-state index contributed by atoms with van der Waals surface area (Å²) in [5.41, 5.74) is 1.24. The van der Waals surface area contributed by atoms with Crippen molar-refractivity contribution in [1.29, 1.82) is 0 Å². The minimum absolute atomic E-state index is 0.362. The van der Waals surface area contributed by atoms with Crippen molar-refractivity contribution in [3.8, 4) is 23.0 Å². The number of methoxy groups -OCH3 is 2. The molecule has 3 rings (SSSR count). The molecule has 138 valence electrons. The molecule has 0 saturated carbocycles. The lowest BCUT2D eigenvalue weighted by Crippen LogP contribution is -2.19. The number of ether oxygens (including phenoxy) is 3. The molecule has 3 aromatic rings. The van der Waals surface area contributed by atoms with Gasteiger partial charge in [0.25, 0.3) is 0 Å². The number of carbonyl (C=O) groups is 1. The summed E-state index contributed by atoms with van der Waals surface area (Å²) in [4.78, 5) is 12.2. The zero-order valence-corrected chi connectivity index (χ0v) is 15.1. The Morgan fingerprint density at radius 3 is 1.96 bits per heavy atom. The van der Waals surface area contributed by atoms with Crippen LogP contribution in [0.4, 0.5) is 16.2 Å². The maximum Gasteiger partial charge on any atom is 0.323 e. The summed E-state index contributed by atoms with van der Waals surface area (Å²) in [6.07, 6.45) is 0. The van der Waals surface area contributed by atoms with E-state index >= 15 is 0 Å². The van der Waals surface area contributed by atoms with Gasteiger partial charge in [-0.1, -0.05) is 18.2 Å². The van der Waals surface area contributed by atoms with Gasteiger partial charge in [0.15, 0.2) is 11.5 Å². The highest BCUT2D eigenvalue weighted by molar-refractivity contribution is 5.99. The lowest BCUT2D eigenvalue weighted by molar-refractivity contribution is 0.262. The molecule has 0 spiro atoms. The van der Waals surface area contributed by atoms with Crippen LogP contribution in [-0.4, -0.2) is 20.3 Å². The molecule has 0 aliphatic rings. The average molecular weight is 364 g/mol. The molecule has 0 bridgehead atoms. The van der Waals surface area contributed by atoms with Crippen LogP contribution in [0.5, 0.6) is 23.0 Å². The first-order valence-corrected chi connectivity index (χ1v) is 8.31. The Labute approximate surface area is 157 Å². The van der Waals surface area contributed by atoms with E-state index in [1.165, 1.54) is 0 Å². The number of urea groups is 1. The monoisotopic (exact) mass is 364 g/mol. The van der Waals surface area contributed by atoms with Gasteiger partial charge < -0.3 is 24.8 Å². The van der Waals surface area contributed by atoms with Crippen LogP contribution in [-0.2, 0) is 0 Å². The molecule has 0 aliphatic carbocycles. The Morgan fingerprint density at radius 2 is 1.30 bits per heavy atom. The van der Waals surface area contributed by atoms with Crippen molar-refractivity contribution in [2.45, 2.75) is 0 Å². The standard InChI is InChI=1S/C21H20N2O4/c1-25-19-13-10-16(14-20(19)26-2)23-21(24)22-15-8-11-18(12-9-15)27-17-6-4-3-5-7-17/h3-14H,1-2H3,(H2,22,23,24). The Hall–Kier alpha value is -3.67. The number of hydrogen-bond donors (Lipinski definition) is 2. The van der Waals surface area contributed by atoms with E-state index in [2.05, 4.69) is 10.6 Å². The zero-order valence-electron chi connectivity index (χ0n) is 15.1. The second-order valence-electron chi connectivity index (χ2n) is 5.59. The molecule has 0 radical (unpaired) electrons. The molecule has 2 N–H and O–H groups in total. The molecule has 2 amide bonds. The number of hydrogen-bond acceptors (Lipinski definition) is 4. The molecule has 0 aliphatic heterocycles. The third kappa shape index (κ3) is 4.92. The van der Waals surface area contributed by atoms with Crippen LogP contribution >= 0.6 is 0 Å². The molecule has 6 heteroatoms. The fourth-order valence-corrected chi connectivity index (χ4v) is 2.44. The smallest absolute Gasteiger partial charge is 0.323 e. The highest BCUT2D eigenvalue weighted by Crippen LogP contribution is 2.30. The van der Waals surface area contributed by atoms with Crippen molar-refractivity contribution in [3.05, 3.63) is 72.8 Å². The minimum Gasteiger partial charge on any atom is -0.493 e. The van der Waals surface area contributed by atoms with Crippen molar-refractivity contribution >= 4 is 17.4 Å². The molecule has 0 atom stereocenters. The summed E-state index contributed by atoms with van der Waals surface area (Å²) < 4.78 is 16.1. The molecule has 0 heterocycles. The number of para-hydroxylation sites is 1. The van der Waals surface area contributed by atoms with E-state index in [-0.39, 0.29) is 6.03 Å². The van der Waals surface area contributed by atoms with Gasteiger partial charge in [0.2, 0.25) is 0 Å². The predicted molar refractivity (Wildman–Crippen MR) is 105 cm³/mol. The van der Waals surface area contributed by atoms with Crippen LogP contribution in [0.3, 0.4) is 0 Å². The average Bonchev–Trinajstić information content (AvgIpc) is 2.70. The van der Waals surface area contributed by atoms with E-state index in [4.69, 9.17) is 14.2 Å². The Kier molecular flexibility index (Phi) is 5.79. The maximum atomic E-state index is 12.2. The molecule has 27 heavy (non-hydrogen) atoms. The number of anilines is 2. The van der Waals surface area contributed by atoms with Gasteiger partial charge in [-0.15, -0.1) is 0 Å². The van der Waals surface area contributed by atoms with Gasteiger partial charge in [0.05, 0.1) is 14.2 Å². The molecule has 0 fully saturated rings. The van der Waals surface area contributed by atoms with E-state index in [0.29, 0.717) is 28.6 Å². The Bertz CT molecular complexity index is 896. The number of rotatable bonds is 6. The van der Waals surface area contributed by atoms with Gasteiger partial charge in [-0.25, -0.2) is 4.79 Å². The Morgan fingerprint density at radius 1 is 0.704 bits per heavy atom. The van der Waals surface area contributed by atoms with Gasteiger partial charge in [-0.2, -0.15) is 0 Å². The molecule has 0 aromatic heterocycles. The molecule has 3 aromatic carbocycles. The largest absolute Gasteiger partial charge is 0.493 e. The van der Waals surface area contributed by atoms with E-state index in [0.717, 1.165) is 5.75 Å². The van der Waals surface area contributed by atoms with E-state index in [1.54, 1.807) is 56.7 Å². The van der Waals surface area contributed by atoms with E-state index in [9.17, 15) is 4.79 Å². The SMILES string of the molecule is COc1ccc(NC(=O)Nc2ccc(Oc3ccccc3)cc2)cc1OC. The van der Waals surface area contributed by atoms with Gasteiger partial charge in [0, 0.05) is 17.4 Å². The van der Waals surface area contributed by atoms with Crippen molar-refractivity contribution < 1.29 is 19.0 Å². The van der Waals surface area contributed by atoms with Gasteiger partial charge in [-0.05, 0) is 48.5 Å². The van der Waals surface area contributed by atoms with Gasteiger partial charge >= 0.3 is 6.03 Å². The highest BCUT2D eigenvalue weighted by atomic mass is 16.5. The third-order valence-corrected chi connectivity index (χ3v) is 3.73. The van der Waals surface area contributed by atoms with Crippen molar-refractivity contribution in [2.75, 3.05) is 24.9 Å². The van der Waals surface area contributed by atoms with Crippen molar-refractivity contribution in [1.82, 2.24) is 0 Å². The molecular formula is C21H20N2O4. The number of nitrogens with one attached hydrogen (secondary N) is 2. The van der Waals surface area contributed by atoms with Gasteiger partial charge in [-0.3, -0.25) is 0 Å². The first kappa shape index (κ1) is 18.1. The highest BCUT2D eigenvalue weighted by Gasteiger charge is 2.08. The second kappa shape index (κ2) is 8.62. The van der Waals surface area contributed by atoms with E-state index < -0.39 is 0 Å². The zero-order chi connectivity index (χ0) is 19.1. The van der Waals surface area contributed by atoms with Crippen LogP contribution in [0.2, 0.25) is 0 Å². The van der Waals surface area contributed by atoms with Crippen LogP contribution in [0.1, 0.15) is 0 Å². The van der Waals surface area contributed by atoms with Crippen LogP contribution in [0.25, 0.3) is 0 Å². The second-order valence-corrected chi connectivity index (χ2v) is 5.59. The fourth-order valence-electron chi connectivity index (χ4n) is 2.44. The number of carbonyl (C=O) groups excluding carboxylic acids is 1. The first-order valence-electron chi connectivity index (χ1n) is 8.31. The number of amides is 2. The molecular weight excluding hydrogens is 344 g/mol. The van der Waals surface area contributed by atoms with Crippen LogP contribution in [0, 0.1) is 0 Å². The normalized spacial score (nSPS) is 10.0. The van der Waals surface area contributed by atoms with Crippen molar-refractivity contribution in [3.63, 3.8) is 0 Å². The summed E-state index contributed by atoms with van der Waals surface area (Å²) in [6, 6.07) is 21.4. The minimum atomic E-state index is -0.362. The summed E-state index contributed by atoms with van der Waals surface area (Å²) in [7, 11) is 3.10. The summed E-state index contributed by atoms with van der Waals surface area (Å²) in [5.74, 6) is 2.58. The molecule has 6 nitrogen and oxygen atoms in total. The summed E-state index contributed by atoms with van der Waals surface area (Å²) in [5, 5.41) is 5.52. The fraction of sp³-hybridized carbons (Fsp3) is 0.0952. The van der Waals surface area contributed by atoms with Gasteiger partial charge in [0.1, 0.15) is 11.5 Å². The molecule has 0 unspecified atom stereocenters. The lowest BCUT2D eigenvalue weighted by atomic mass is 10.2. The third-order valence-electron chi connectivity index (χ3n) is 3.73. The van der Waals surface area contributed by atoms with Crippen molar-refractivity contribution in [2.24, 2.45) is 0 Å². The topological polar surface area (TPSA) is 68.8 Å². The Balaban J connectivity index is 1.59. The van der Waals surface area contributed by atoms with Crippen LogP contribution in [0.15, 0.2) is 72.8 Å². The first-order chi connectivity index (χ1) is 13.2. The molecule has 0 saturated heterocycles. The van der Waals surface area contributed by atoms with Crippen LogP contribution < -0.4 is 24.8 Å². The summed E-state index contributed by atoms with van der Waals surface area (Å²) >= 11 is 0. The maximum absolute atomic E-state index is 12.2. The number of benzene rings is 3. The lowest BCUT2D eigenvalue weighted by Gasteiger charge is -2.12. The van der Waals surface area contributed by atoms with E-state index in [1.807, 2.05) is 30.3 Å². The quantitative estimate of drug-likeness (QED) is 0.635. The predicted octanol–water partition coefficient (Wildman–Crippen LogP) is 5.14. The summed E-state index contributed by atoms with van der Waals surface area (Å²) in [6.45, 7) is 0.